The van der Waals surface area contributed by atoms with Gasteiger partial charge in [0.15, 0.2) is 10.6 Å². The highest BCUT2D eigenvalue weighted by molar-refractivity contribution is 7.71. The molecule has 4 aromatic rings. The van der Waals surface area contributed by atoms with Crippen LogP contribution in [0.5, 0.6) is 5.75 Å². The quantitative estimate of drug-likeness (QED) is 0.246. The van der Waals surface area contributed by atoms with Crippen molar-refractivity contribution in [2.24, 2.45) is 0 Å². The van der Waals surface area contributed by atoms with Gasteiger partial charge in [-0.05, 0) is 61.1 Å². The summed E-state index contributed by atoms with van der Waals surface area (Å²) in [6, 6.07) is 25.9. The molecule has 0 bridgehead atoms. The first-order chi connectivity index (χ1) is 17.5. The van der Waals surface area contributed by atoms with E-state index in [0.29, 0.717) is 40.7 Å². The highest BCUT2D eigenvalue weighted by Gasteiger charge is 2.15. The van der Waals surface area contributed by atoms with Crippen molar-refractivity contribution in [3.63, 3.8) is 0 Å². The zero-order valence-electron chi connectivity index (χ0n) is 19.8. The fourth-order valence-corrected chi connectivity index (χ4v) is 3.80. The van der Waals surface area contributed by atoms with Crippen molar-refractivity contribution in [2.45, 2.75) is 26.6 Å². The maximum atomic E-state index is 12.8. The predicted molar refractivity (Wildman–Crippen MR) is 138 cm³/mol. The van der Waals surface area contributed by atoms with Crippen LogP contribution in [0.2, 0.25) is 0 Å². The minimum Gasteiger partial charge on any atom is -0.486 e. The number of hydrogen-bond donors (Lipinski definition) is 1. The van der Waals surface area contributed by atoms with Gasteiger partial charge in [-0.15, -0.1) is 0 Å². The molecular formula is C27H26N4O4S. The maximum absolute atomic E-state index is 12.8. The van der Waals surface area contributed by atoms with Crippen molar-refractivity contribution < 1.29 is 19.1 Å². The number of nitrogens with one attached hydrogen (secondary N) is 1. The van der Waals surface area contributed by atoms with E-state index >= 15 is 0 Å². The highest BCUT2D eigenvalue weighted by Crippen LogP contribution is 2.14. The average Bonchev–Trinajstić information content (AvgIpc) is 3.18. The van der Waals surface area contributed by atoms with Crippen LogP contribution in [-0.4, -0.2) is 32.8 Å². The predicted octanol–water partition coefficient (Wildman–Crippen LogP) is 4.86. The van der Waals surface area contributed by atoms with Gasteiger partial charge in [-0.3, -0.25) is 9.36 Å². The van der Waals surface area contributed by atoms with Crippen molar-refractivity contribution in [3.05, 3.63) is 107 Å². The molecule has 184 valence electrons. The summed E-state index contributed by atoms with van der Waals surface area (Å²) < 4.78 is 14.7. The average molecular weight is 503 g/mol. The van der Waals surface area contributed by atoms with Crippen LogP contribution in [-0.2, 0) is 29.2 Å². The van der Waals surface area contributed by atoms with E-state index in [1.54, 1.807) is 31.2 Å². The molecular weight excluding hydrogens is 476 g/mol. The largest absolute Gasteiger partial charge is 0.486 e. The summed E-state index contributed by atoms with van der Waals surface area (Å²) in [7, 11) is 0. The SMILES string of the molecule is CCOC(=O)c1ccc(NC(=O)Cn2nc(COc3ccccc3)n(Cc3ccccc3)c2=S)cc1. The number of hydrogen-bond acceptors (Lipinski definition) is 6. The van der Waals surface area contributed by atoms with Gasteiger partial charge < -0.3 is 14.8 Å². The van der Waals surface area contributed by atoms with Gasteiger partial charge >= 0.3 is 5.97 Å². The van der Waals surface area contributed by atoms with E-state index in [1.807, 2.05) is 65.2 Å². The number of amides is 1. The topological polar surface area (TPSA) is 87.4 Å². The molecule has 1 heterocycles. The second kappa shape index (κ2) is 11.9. The summed E-state index contributed by atoms with van der Waals surface area (Å²) in [6.45, 7) is 2.68. The Balaban J connectivity index is 1.49. The third-order valence-electron chi connectivity index (χ3n) is 5.27. The summed E-state index contributed by atoms with van der Waals surface area (Å²) in [4.78, 5) is 24.6. The van der Waals surface area contributed by atoms with Gasteiger partial charge in [0.1, 0.15) is 18.9 Å². The van der Waals surface area contributed by atoms with Gasteiger partial charge in [0.25, 0.3) is 0 Å². The first kappa shape index (κ1) is 24.9. The molecule has 0 aliphatic heterocycles. The van der Waals surface area contributed by atoms with Crippen LogP contribution in [0.15, 0.2) is 84.9 Å². The Morgan fingerprint density at radius 2 is 1.61 bits per heavy atom. The molecule has 0 aliphatic rings. The summed E-state index contributed by atoms with van der Waals surface area (Å²) in [5.74, 6) is 0.623. The Morgan fingerprint density at radius 3 is 2.28 bits per heavy atom. The molecule has 9 heteroatoms. The molecule has 4 rings (SSSR count). The Bertz CT molecular complexity index is 1370. The molecule has 8 nitrogen and oxygen atoms in total. The Labute approximate surface area is 214 Å². The molecule has 1 N–H and O–H groups in total. The number of anilines is 1. The standard InChI is InChI=1S/C27H26N4O4S/c1-2-34-26(33)21-13-15-22(16-14-21)28-25(32)18-31-27(36)30(17-20-9-5-3-6-10-20)24(29-31)19-35-23-11-7-4-8-12-23/h3-16H,2,17-19H2,1H3,(H,28,32). The van der Waals surface area contributed by atoms with Gasteiger partial charge in [0.05, 0.1) is 18.7 Å². The van der Waals surface area contributed by atoms with E-state index < -0.39 is 5.97 Å². The smallest absolute Gasteiger partial charge is 0.338 e. The zero-order valence-corrected chi connectivity index (χ0v) is 20.6. The van der Waals surface area contributed by atoms with Crippen molar-refractivity contribution in [1.29, 1.82) is 0 Å². The summed E-state index contributed by atoms with van der Waals surface area (Å²) in [6.07, 6.45) is 0. The van der Waals surface area contributed by atoms with Crippen LogP contribution in [0.4, 0.5) is 5.69 Å². The van der Waals surface area contributed by atoms with Crippen molar-refractivity contribution >= 4 is 29.8 Å². The molecule has 0 spiro atoms. The molecule has 0 radical (unpaired) electrons. The van der Waals surface area contributed by atoms with Crippen LogP contribution < -0.4 is 10.1 Å². The third kappa shape index (κ3) is 6.45. The van der Waals surface area contributed by atoms with Crippen LogP contribution in [0, 0.1) is 4.77 Å². The summed E-state index contributed by atoms with van der Waals surface area (Å²) in [5, 5.41) is 7.40. The van der Waals surface area contributed by atoms with Gasteiger partial charge in [0.2, 0.25) is 5.91 Å². The fraction of sp³-hybridized carbons (Fsp3) is 0.185. The molecule has 0 saturated carbocycles. The highest BCUT2D eigenvalue weighted by atomic mass is 32.1. The van der Waals surface area contributed by atoms with Crippen LogP contribution in [0.1, 0.15) is 28.7 Å². The number of esters is 1. The third-order valence-corrected chi connectivity index (χ3v) is 5.70. The van der Waals surface area contributed by atoms with E-state index in [4.69, 9.17) is 21.7 Å². The Morgan fingerprint density at radius 1 is 0.944 bits per heavy atom. The number of benzene rings is 3. The monoisotopic (exact) mass is 502 g/mol. The molecule has 3 aromatic carbocycles. The van der Waals surface area contributed by atoms with E-state index in [0.717, 1.165) is 5.56 Å². The number of para-hydroxylation sites is 1. The van der Waals surface area contributed by atoms with Crippen LogP contribution in [0.3, 0.4) is 0 Å². The first-order valence-corrected chi connectivity index (χ1v) is 11.9. The number of carbonyl (C=O) groups excluding carboxylic acids is 2. The maximum Gasteiger partial charge on any atom is 0.338 e. The van der Waals surface area contributed by atoms with E-state index in [2.05, 4.69) is 10.4 Å². The van der Waals surface area contributed by atoms with Gasteiger partial charge in [-0.1, -0.05) is 48.5 Å². The molecule has 0 fully saturated rings. The minimum atomic E-state index is -0.407. The molecule has 0 saturated heterocycles. The molecule has 0 atom stereocenters. The van der Waals surface area contributed by atoms with Gasteiger partial charge in [-0.2, -0.15) is 5.10 Å². The van der Waals surface area contributed by atoms with Crippen LogP contribution in [0.25, 0.3) is 0 Å². The summed E-state index contributed by atoms with van der Waals surface area (Å²) in [5.41, 5.74) is 2.02. The lowest BCUT2D eigenvalue weighted by molar-refractivity contribution is -0.116. The molecule has 0 aliphatic carbocycles. The van der Waals surface area contributed by atoms with E-state index in [1.165, 1.54) is 4.68 Å². The Kier molecular flexibility index (Phi) is 8.25. The molecule has 0 unspecified atom stereocenters. The number of aromatic nitrogens is 3. The Hall–Kier alpha value is -4.24. The lowest BCUT2D eigenvalue weighted by Crippen LogP contribution is -2.20. The summed E-state index contributed by atoms with van der Waals surface area (Å²) >= 11 is 5.67. The molecule has 1 amide bonds. The number of ether oxygens (including phenoxy) is 2. The van der Waals surface area contributed by atoms with Crippen molar-refractivity contribution in [3.8, 4) is 5.75 Å². The number of rotatable bonds is 10. The minimum absolute atomic E-state index is 0.0708. The number of nitrogens with zero attached hydrogens (tertiary/aromatic N) is 3. The zero-order chi connectivity index (χ0) is 25.3. The normalized spacial score (nSPS) is 10.6. The second-order valence-electron chi connectivity index (χ2n) is 7.88. The van der Waals surface area contributed by atoms with Gasteiger partial charge in [-0.25, -0.2) is 9.48 Å². The fourth-order valence-electron chi connectivity index (χ4n) is 3.53. The van der Waals surface area contributed by atoms with E-state index in [9.17, 15) is 9.59 Å². The van der Waals surface area contributed by atoms with Crippen molar-refractivity contribution in [1.82, 2.24) is 14.3 Å². The van der Waals surface area contributed by atoms with Crippen molar-refractivity contribution in [2.75, 3.05) is 11.9 Å². The first-order valence-electron chi connectivity index (χ1n) is 11.5. The second-order valence-corrected chi connectivity index (χ2v) is 8.24. The van der Waals surface area contributed by atoms with E-state index in [-0.39, 0.29) is 19.1 Å². The van der Waals surface area contributed by atoms with Gasteiger partial charge in [0, 0.05) is 5.69 Å². The molecule has 36 heavy (non-hydrogen) atoms. The lowest BCUT2D eigenvalue weighted by Gasteiger charge is -2.08. The van der Waals surface area contributed by atoms with Crippen LogP contribution >= 0.6 is 12.2 Å². The number of carbonyl (C=O) groups is 2. The lowest BCUT2D eigenvalue weighted by atomic mass is 10.2. The molecule has 1 aromatic heterocycles.